The van der Waals surface area contributed by atoms with Gasteiger partial charge in [0.25, 0.3) is 5.91 Å². The fourth-order valence-electron chi connectivity index (χ4n) is 3.40. The lowest BCUT2D eigenvalue weighted by Crippen LogP contribution is -2.34. The number of nitrogens with zero attached hydrogens (tertiary/aromatic N) is 1. The van der Waals surface area contributed by atoms with E-state index >= 15 is 0 Å². The summed E-state index contributed by atoms with van der Waals surface area (Å²) in [5.41, 5.74) is 3.40. The molecule has 27 heavy (non-hydrogen) atoms. The first kappa shape index (κ1) is 17.3. The molecule has 0 bridgehead atoms. The SMILES string of the molecule is COc1ccc2[nH]cc(C3=CCN(C(=O)c4ccc(F)c(F)c4)CC3)c2c1. The Morgan fingerprint density at radius 1 is 1.15 bits per heavy atom. The second kappa shape index (κ2) is 6.87. The number of aromatic amines is 1. The van der Waals surface area contributed by atoms with Crippen LogP contribution in [0.2, 0.25) is 0 Å². The van der Waals surface area contributed by atoms with Gasteiger partial charge in [-0.1, -0.05) is 6.08 Å². The summed E-state index contributed by atoms with van der Waals surface area (Å²) in [5.74, 6) is -1.48. The van der Waals surface area contributed by atoms with E-state index in [9.17, 15) is 13.6 Å². The predicted octanol–water partition coefficient (Wildman–Crippen LogP) is 4.38. The molecule has 138 valence electrons. The number of halogens is 2. The lowest BCUT2D eigenvalue weighted by atomic mass is 9.98. The summed E-state index contributed by atoms with van der Waals surface area (Å²) in [7, 11) is 1.63. The van der Waals surface area contributed by atoms with Crippen LogP contribution >= 0.6 is 0 Å². The van der Waals surface area contributed by atoms with Gasteiger partial charge in [-0.2, -0.15) is 0 Å². The van der Waals surface area contributed by atoms with Crippen molar-refractivity contribution in [2.24, 2.45) is 0 Å². The molecule has 0 spiro atoms. The van der Waals surface area contributed by atoms with Crippen LogP contribution in [-0.2, 0) is 0 Å². The summed E-state index contributed by atoms with van der Waals surface area (Å²) in [5, 5.41) is 1.07. The largest absolute Gasteiger partial charge is 0.497 e. The number of hydrogen-bond donors (Lipinski definition) is 1. The quantitative estimate of drug-likeness (QED) is 0.746. The highest BCUT2D eigenvalue weighted by atomic mass is 19.2. The monoisotopic (exact) mass is 368 g/mol. The minimum atomic E-state index is -1.01. The molecule has 4 rings (SSSR count). The first-order valence-electron chi connectivity index (χ1n) is 8.65. The molecule has 0 radical (unpaired) electrons. The first-order chi connectivity index (χ1) is 13.1. The van der Waals surface area contributed by atoms with Crippen LogP contribution in [0.4, 0.5) is 8.78 Å². The van der Waals surface area contributed by atoms with E-state index in [1.165, 1.54) is 6.07 Å². The van der Waals surface area contributed by atoms with Gasteiger partial charge in [0.1, 0.15) is 5.75 Å². The molecule has 6 heteroatoms. The van der Waals surface area contributed by atoms with Crippen molar-refractivity contribution in [3.8, 4) is 5.75 Å². The number of fused-ring (bicyclic) bond motifs is 1. The minimum Gasteiger partial charge on any atom is -0.497 e. The maximum Gasteiger partial charge on any atom is 0.254 e. The van der Waals surface area contributed by atoms with Gasteiger partial charge in [-0.05, 0) is 48.4 Å². The second-order valence-corrected chi connectivity index (χ2v) is 6.47. The zero-order valence-electron chi connectivity index (χ0n) is 14.8. The van der Waals surface area contributed by atoms with Crippen molar-refractivity contribution in [1.29, 1.82) is 0 Å². The molecule has 1 N–H and O–H groups in total. The number of benzene rings is 2. The van der Waals surface area contributed by atoms with Gasteiger partial charge in [-0.3, -0.25) is 4.79 Å². The maximum absolute atomic E-state index is 13.4. The number of carbonyl (C=O) groups is 1. The third-order valence-electron chi connectivity index (χ3n) is 4.90. The van der Waals surface area contributed by atoms with Gasteiger partial charge in [0, 0.05) is 41.3 Å². The van der Waals surface area contributed by atoms with Gasteiger partial charge in [-0.15, -0.1) is 0 Å². The van der Waals surface area contributed by atoms with Gasteiger partial charge < -0.3 is 14.6 Å². The summed E-state index contributed by atoms with van der Waals surface area (Å²) >= 11 is 0. The molecule has 2 heterocycles. The van der Waals surface area contributed by atoms with Crippen molar-refractivity contribution in [2.45, 2.75) is 6.42 Å². The molecule has 0 atom stereocenters. The van der Waals surface area contributed by atoms with E-state index in [-0.39, 0.29) is 11.5 Å². The minimum absolute atomic E-state index is 0.155. The molecule has 1 amide bonds. The smallest absolute Gasteiger partial charge is 0.254 e. The van der Waals surface area contributed by atoms with Crippen molar-refractivity contribution in [2.75, 3.05) is 20.2 Å². The number of nitrogens with one attached hydrogen (secondary N) is 1. The standard InChI is InChI=1S/C21H18F2N2O2/c1-27-15-3-5-20-16(11-15)17(12-24-20)13-6-8-25(9-7-13)21(26)14-2-4-18(22)19(23)10-14/h2-6,10-12,24H,7-9H2,1H3. The second-order valence-electron chi connectivity index (χ2n) is 6.47. The van der Waals surface area contributed by atoms with Crippen LogP contribution in [-0.4, -0.2) is 36.0 Å². The Morgan fingerprint density at radius 2 is 2.00 bits per heavy atom. The molecular weight excluding hydrogens is 350 g/mol. The molecule has 0 saturated heterocycles. The number of hydrogen-bond acceptors (Lipinski definition) is 2. The van der Waals surface area contributed by atoms with Crippen molar-refractivity contribution in [3.05, 3.63) is 71.4 Å². The van der Waals surface area contributed by atoms with Gasteiger partial charge in [0.15, 0.2) is 11.6 Å². The Bertz CT molecular complexity index is 1060. The Labute approximate surface area is 155 Å². The van der Waals surface area contributed by atoms with Crippen LogP contribution in [0.5, 0.6) is 5.75 Å². The van der Waals surface area contributed by atoms with Crippen molar-refractivity contribution < 1.29 is 18.3 Å². The van der Waals surface area contributed by atoms with Gasteiger partial charge in [0.05, 0.1) is 7.11 Å². The Balaban J connectivity index is 1.56. The van der Waals surface area contributed by atoms with Crippen LogP contribution in [0, 0.1) is 11.6 Å². The lowest BCUT2D eigenvalue weighted by Gasteiger charge is -2.26. The number of carbonyl (C=O) groups excluding carboxylic acids is 1. The lowest BCUT2D eigenvalue weighted by molar-refractivity contribution is 0.0772. The highest BCUT2D eigenvalue weighted by molar-refractivity contribution is 5.96. The first-order valence-corrected chi connectivity index (χ1v) is 8.65. The Morgan fingerprint density at radius 3 is 2.70 bits per heavy atom. The van der Waals surface area contributed by atoms with Crippen molar-refractivity contribution >= 4 is 22.4 Å². The average molecular weight is 368 g/mol. The molecule has 0 unspecified atom stereocenters. The topological polar surface area (TPSA) is 45.3 Å². The summed E-state index contributed by atoms with van der Waals surface area (Å²) in [6.07, 6.45) is 4.64. The van der Waals surface area contributed by atoms with Gasteiger partial charge >= 0.3 is 0 Å². The molecule has 4 nitrogen and oxygen atoms in total. The van der Waals surface area contributed by atoms with E-state index in [1.54, 1.807) is 12.0 Å². The van der Waals surface area contributed by atoms with E-state index in [0.29, 0.717) is 19.5 Å². The van der Waals surface area contributed by atoms with E-state index in [0.717, 1.165) is 39.9 Å². The molecule has 1 aliphatic heterocycles. The predicted molar refractivity (Wildman–Crippen MR) is 99.7 cm³/mol. The number of ether oxygens (including phenoxy) is 1. The molecule has 3 aromatic rings. The Kier molecular flexibility index (Phi) is 4.39. The van der Waals surface area contributed by atoms with Crippen LogP contribution in [0.25, 0.3) is 16.5 Å². The van der Waals surface area contributed by atoms with Gasteiger partial charge in [0.2, 0.25) is 0 Å². The van der Waals surface area contributed by atoms with E-state index < -0.39 is 11.6 Å². The van der Waals surface area contributed by atoms with E-state index in [4.69, 9.17) is 4.74 Å². The average Bonchev–Trinajstić information content (AvgIpc) is 3.12. The summed E-state index contributed by atoms with van der Waals surface area (Å²) in [6.45, 7) is 0.935. The molecule has 0 saturated carbocycles. The number of H-pyrrole nitrogens is 1. The number of aromatic nitrogens is 1. The van der Waals surface area contributed by atoms with E-state index in [2.05, 4.69) is 4.98 Å². The fraction of sp³-hybridized carbons (Fsp3) is 0.190. The third kappa shape index (κ3) is 3.18. The molecule has 0 aliphatic carbocycles. The number of rotatable bonds is 3. The molecular formula is C21H18F2N2O2. The zero-order chi connectivity index (χ0) is 19.0. The van der Waals surface area contributed by atoms with Crippen molar-refractivity contribution in [3.63, 3.8) is 0 Å². The summed E-state index contributed by atoms with van der Waals surface area (Å²) < 4.78 is 31.8. The fourth-order valence-corrected chi connectivity index (χ4v) is 3.40. The summed E-state index contributed by atoms with van der Waals surface area (Å²) in [6, 6.07) is 9.10. The summed E-state index contributed by atoms with van der Waals surface area (Å²) in [4.78, 5) is 17.4. The van der Waals surface area contributed by atoms with Crippen LogP contribution in [0.15, 0.2) is 48.7 Å². The van der Waals surface area contributed by atoms with Gasteiger partial charge in [-0.25, -0.2) is 8.78 Å². The number of methoxy groups -OCH3 is 1. The third-order valence-corrected chi connectivity index (χ3v) is 4.90. The maximum atomic E-state index is 13.4. The van der Waals surface area contributed by atoms with Crippen molar-refractivity contribution in [1.82, 2.24) is 9.88 Å². The molecule has 2 aromatic carbocycles. The zero-order valence-corrected chi connectivity index (χ0v) is 14.8. The normalized spacial score (nSPS) is 14.3. The molecule has 0 fully saturated rings. The molecule has 1 aliphatic rings. The number of amides is 1. The van der Waals surface area contributed by atoms with Crippen LogP contribution in [0.3, 0.4) is 0 Å². The van der Waals surface area contributed by atoms with Crippen LogP contribution < -0.4 is 4.74 Å². The highest BCUT2D eigenvalue weighted by Crippen LogP contribution is 2.31. The van der Waals surface area contributed by atoms with Crippen LogP contribution in [0.1, 0.15) is 22.3 Å². The molecule has 1 aromatic heterocycles. The Hall–Kier alpha value is -3.15. The highest BCUT2D eigenvalue weighted by Gasteiger charge is 2.21. The van der Waals surface area contributed by atoms with E-state index in [1.807, 2.05) is 30.5 Å².